The zero-order chi connectivity index (χ0) is 30.3. The normalized spacial score (nSPS) is 22.4. The lowest BCUT2D eigenvalue weighted by Gasteiger charge is -2.19. The molecule has 0 amide bonds. The van der Waals surface area contributed by atoms with Crippen LogP contribution in [0.3, 0.4) is 0 Å². The Morgan fingerprint density at radius 2 is 1.37 bits per heavy atom. The molecule has 0 aromatic rings. The molecule has 0 aliphatic heterocycles. The molecule has 4 N–H and O–H groups in total. The minimum Gasteiger partial charge on any atom is -0.463 e. The van der Waals surface area contributed by atoms with Crippen molar-refractivity contribution < 1.29 is 39.5 Å². The Labute approximate surface area is 248 Å². The maximum absolute atomic E-state index is 12.0. The van der Waals surface area contributed by atoms with Crippen molar-refractivity contribution in [3.63, 3.8) is 0 Å². The third kappa shape index (κ3) is 18.4. The zero-order valence-corrected chi connectivity index (χ0v) is 25.6. The number of hydrogen-bond donors (Lipinski definition) is 4. The summed E-state index contributed by atoms with van der Waals surface area (Å²) in [5.41, 5.74) is 0. The molecule has 1 aliphatic carbocycles. The van der Waals surface area contributed by atoms with Crippen molar-refractivity contribution in [1.82, 2.24) is 0 Å². The molecule has 0 bridgehead atoms. The minimum absolute atomic E-state index is 0.00707. The molecule has 41 heavy (non-hydrogen) atoms. The van der Waals surface area contributed by atoms with Crippen LogP contribution in [0, 0.1) is 11.8 Å². The van der Waals surface area contributed by atoms with E-state index in [0.29, 0.717) is 19.3 Å². The topological polar surface area (TPSA) is 134 Å². The summed E-state index contributed by atoms with van der Waals surface area (Å²) in [4.78, 5) is 23.9. The van der Waals surface area contributed by atoms with Crippen LogP contribution in [0.25, 0.3) is 0 Å². The van der Waals surface area contributed by atoms with Crippen LogP contribution >= 0.6 is 0 Å². The van der Waals surface area contributed by atoms with Crippen molar-refractivity contribution in [3.8, 4) is 0 Å². The lowest BCUT2D eigenvalue weighted by molar-refractivity contribution is -0.151. The van der Waals surface area contributed by atoms with Crippen LogP contribution in [-0.2, 0) is 19.1 Å². The van der Waals surface area contributed by atoms with Crippen molar-refractivity contribution in [2.24, 2.45) is 11.8 Å². The summed E-state index contributed by atoms with van der Waals surface area (Å²) >= 11 is 0. The number of aliphatic hydroxyl groups excluding tert-OH is 4. The Balaban J connectivity index is 2.20. The fourth-order valence-electron chi connectivity index (χ4n) is 5.23. The van der Waals surface area contributed by atoms with Crippen molar-refractivity contribution in [2.75, 3.05) is 13.2 Å². The number of rotatable bonds is 24. The second-order valence-corrected chi connectivity index (χ2v) is 11.6. The van der Waals surface area contributed by atoms with Gasteiger partial charge in [0.2, 0.25) is 0 Å². The Morgan fingerprint density at radius 3 is 2.02 bits per heavy atom. The van der Waals surface area contributed by atoms with Gasteiger partial charge in [-0.3, -0.25) is 9.59 Å². The van der Waals surface area contributed by atoms with Gasteiger partial charge >= 0.3 is 11.9 Å². The number of carbonyl (C=O) groups is 2. The fraction of sp³-hybridized carbons (Fsp3) is 0.818. The maximum atomic E-state index is 12.0. The van der Waals surface area contributed by atoms with E-state index in [0.717, 1.165) is 38.5 Å². The fourth-order valence-corrected chi connectivity index (χ4v) is 5.23. The van der Waals surface area contributed by atoms with Crippen LogP contribution in [0.2, 0.25) is 0 Å². The molecule has 8 nitrogen and oxygen atoms in total. The van der Waals surface area contributed by atoms with Crippen LogP contribution in [0.15, 0.2) is 24.3 Å². The second-order valence-electron chi connectivity index (χ2n) is 11.6. The maximum Gasteiger partial charge on any atom is 0.309 e. The molecule has 1 fully saturated rings. The standard InChI is InChI=1S/C33H58O8/c1-3-5-7-8-9-10-11-12-14-19-32(38)40-24-27(35)25-41-33(39)20-16-15-18-28-29(31(37)23-30(28)36)22-21-26(34)17-13-6-4-2/h15-16,21-22,26-31,34-37H,3-14,17-20,23-25H2,1-2H3/b16-15-,22-21+/t26-,27-,28+,29-,30+,31-/m1/s1. The van der Waals surface area contributed by atoms with Gasteiger partial charge in [-0.05, 0) is 25.2 Å². The third-order valence-electron chi connectivity index (χ3n) is 7.79. The van der Waals surface area contributed by atoms with Crippen LogP contribution in [0.5, 0.6) is 0 Å². The summed E-state index contributed by atoms with van der Waals surface area (Å²) in [6, 6.07) is 0. The summed E-state index contributed by atoms with van der Waals surface area (Å²) in [6.45, 7) is 3.86. The molecule has 0 aromatic carbocycles. The Kier molecular flexibility index (Phi) is 21.6. The lowest BCUT2D eigenvalue weighted by atomic mass is 9.89. The van der Waals surface area contributed by atoms with E-state index in [1.54, 1.807) is 18.2 Å². The number of carbonyl (C=O) groups excluding carboxylic acids is 2. The van der Waals surface area contributed by atoms with Crippen molar-refractivity contribution in [3.05, 3.63) is 24.3 Å². The molecule has 1 aliphatic rings. The molecule has 0 saturated heterocycles. The van der Waals surface area contributed by atoms with Gasteiger partial charge in [-0.25, -0.2) is 0 Å². The van der Waals surface area contributed by atoms with Gasteiger partial charge in [-0.1, -0.05) is 109 Å². The number of esters is 2. The Morgan fingerprint density at radius 1 is 0.780 bits per heavy atom. The van der Waals surface area contributed by atoms with Crippen molar-refractivity contribution in [1.29, 1.82) is 0 Å². The largest absolute Gasteiger partial charge is 0.463 e. The van der Waals surface area contributed by atoms with Crippen molar-refractivity contribution in [2.45, 2.75) is 147 Å². The molecule has 1 rings (SSSR count). The van der Waals surface area contributed by atoms with E-state index in [2.05, 4.69) is 13.8 Å². The van der Waals surface area contributed by atoms with Crippen LogP contribution in [0.4, 0.5) is 0 Å². The van der Waals surface area contributed by atoms with E-state index >= 15 is 0 Å². The zero-order valence-electron chi connectivity index (χ0n) is 25.6. The quantitative estimate of drug-likeness (QED) is 0.0662. The van der Waals surface area contributed by atoms with Gasteiger partial charge in [0.1, 0.15) is 19.3 Å². The Hall–Kier alpha value is -1.74. The van der Waals surface area contributed by atoms with Gasteiger partial charge in [0, 0.05) is 18.8 Å². The van der Waals surface area contributed by atoms with E-state index in [1.807, 2.05) is 6.08 Å². The van der Waals surface area contributed by atoms with Gasteiger partial charge < -0.3 is 29.9 Å². The second kappa shape index (κ2) is 23.8. The first kappa shape index (κ1) is 37.3. The van der Waals surface area contributed by atoms with Gasteiger partial charge in [0.25, 0.3) is 0 Å². The number of allylic oxidation sites excluding steroid dienone is 1. The molecule has 6 atom stereocenters. The average molecular weight is 583 g/mol. The molecule has 0 heterocycles. The van der Waals surface area contributed by atoms with E-state index in [1.165, 1.54) is 38.5 Å². The average Bonchev–Trinajstić information content (AvgIpc) is 3.22. The van der Waals surface area contributed by atoms with E-state index in [9.17, 15) is 30.0 Å². The number of aliphatic hydroxyl groups is 4. The summed E-state index contributed by atoms with van der Waals surface area (Å²) < 4.78 is 10.2. The molecule has 238 valence electrons. The van der Waals surface area contributed by atoms with E-state index in [-0.39, 0.29) is 43.9 Å². The smallest absolute Gasteiger partial charge is 0.309 e. The molecule has 0 aromatic heterocycles. The van der Waals surface area contributed by atoms with Gasteiger partial charge in [-0.2, -0.15) is 0 Å². The van der Waals surface area contributed by atoms with Gasteiger partial charge in [0.05, 0.1) is 24.7 Å². The highest BCUT2D eigenvalue weighted by molar-refractivity contribution is 5.71. The monoisotopic (exact) mass is 582 g/mol. The molecule has 8 heteroatoms. The first-order valence-electron chi connectivity index (χ1n) is 16.1. The molecule has 0 spiro atoms. The van der Waals surface area contributed by atoms with Crippen LogP contribution in [-0.4, -0.2) is 70.0 Å². The predicted molar refractivity (Wildman–Crippen MR) is 161 cm³/mol. The molecular weight excluding hydrogens is 524 g/mol. The molecule has 1 saturated carbocycles. The first-order chi connectivity index (χ1) is 19.8. The summed E-state index contributed by atoms with van der Waals surface area (Å²) in [5, 5.41) is 40.9. The minimum atomic E-state index is -1.07. The first-order valence-corrected chi connectivity index (χ1v) is 16.1. The van der Waals surface area contributed by atoms with Crippen LogP contribution in [0.1, 0.15) is 123 Å². The van der Waals surface area contributed by atoms with Crippen LogP contribution < -0.4 is 0 Å². The van der Waals surface area contributed by atoms with Gasteiger partial charge in [0.15, 0.2) is 0 Å². The highest BCUT2D eigenvalue weighted by Gasteiger charge is 2.39. The van der Waals surface area contributed by atoms with Gasteiger partial charge in [-0.15, -0.1) is 0 Å². The lowest BCUT2D eigenvalue weighted by Crippen LogP contribution is -2.25. The SMILES string of the molecule is CCCCCCCCCCCC(=O)OC[C@@H](O)COC(=O)C/C=C\C[C@H]1[C@@H](/C=C/[C@H](O)CCCCC)[C@H](O)C[C@@H]1O. The Bertz CT molecular complexity index is 737. The molecule has 0 unspecified atom stereocenters. The molecule has 0 radical (unpaired) electrons. The van der Waals surface area contributed by atoms with Crippen molar-refractivity contribution >= 4 is 11.9 Å². The number of unbranched alkanes of at least 4 members (excludes halogenated alkanes) is 10. The summed E-state index contributed by atoms with van der Waals surface area (Å²) in [7, 11) is 0. The third-order valence-corrected chi connectivity index (χ3v) is 7.79. The van der Waals surface area contributed by atoms with E-state index < -0.39 is 30.4 Å². The summed E-state index contributed by atoms with van der Waals surface area (Å²) in [6.07, 6.45) is 19.4. The highest BCUT2D eigenvalue weighted by atomic mass is 16.6. The number of ether oxygens (including phenoxy) is 2. The predicted octanol–water partition coefficient (Wildman–Crippen LogP) is 5.55. The number of hydrogen-bond acceptors (Lipinski definition) is 8. The summed E-state index contributed by atoms with van der Waals surface area (Å²) in [5.74, 6) is -1.33. The van der Waals surface area contributed by atoms with E-state index in [4.69, 9.17) is 9.47 Å². The molecular formula is C33H58O8. The highest BCUT2D eigenvalue weighted by Crippen LogP contribution is 2.36.